The largest absolute Gasteiger partial charge is 0.269 e. The lowest BCUT2D eigenvalue weighted by Crippen LogP contribution is -2.23. The smallest absolute Gasteiger partial charge is 0.258 e. The number of benzene rings is 1. The maximum atomic E-state index is 10.5. The van der Waals surface area contributed by atoms with E-state index in [-0.39, 0.29) is 5.69 Å². The molecule has 0 radical (unpaired) electrons. The summed E-state index contributed by atoms with van der Waals surface area (Å²) in [4.78, 5) is 10.1. The highest BCUT2D eigenvalue weighted by atomic mass is 16.6. The molecule has 0 aliphatic heterocycles. The molecular formula is C13H11N2O2+. The highest BCUT2D eigenvalue weighted by Crippen LogP contribution is 2.12. The van der Waals surface area contributed by atoms with Gasteiger partial charge in [-0.05, 0) is 17.7 Å². The highest BCUT2D eigenvalue weighted by Gasteiger charge is 2.02. The van der Waals surface area contributed by atoms with Gasteiger partial charge in [-0.25, -0.2) is 0 Å². The second-order valence-corrected chi connectivity index (χ2v) is 3.49. The number of nitro groups is 1. The molecule has 1 aromatic carbocycles. The Hall–Kier alpha value is -2.49. The van der Waals surface area contributed by atoms with Crippen molar-refractivity contribution in [2.75, 3.05) is 0 Å². The van der Waals surface area contributed by atoms with Gasteiger partial charge in [0.2, 0.25) is 0 Å². The molecule has 2 aromatic rings. The molecule has 0 atom stereocenters. The molecule has 1 aromatic heterocycles. The zero-order valence-corrected chi connectivity index (χ0v) is 9.06. The lowest BCUT2D eigenvalue weighted by atomic mass is 10.2. The summed E-state index contributed by atoms with van der Waals surface area (Å²) in [6.07, 6.45) is 7.62. The quantitative estimate of drug-likeness (QED) is 0.459. The van der Waals surface area contributed by atoms with Gasteiger partial charge in [0.25, 0.3) is 5.69 Å². The van der Waals surface area contributed by atoms with E-state index in [0.717, 1.165) is 5.56 Å². The van der Waals surface area contributed by atoms with Crippen molar-refractivity contribution in [3.05, 3.63) is 70.5 Å². The van der Waals surface area contributed by atoms with Gasteiger partial charge < -0.3 is 0 Å². The van der Waals surface area contributed by atoms with E-state index in [4.69, 9.17) is 0 Å². The van der Waals surface area contributed by atoms with Crippen LogP contribution >= 0.6 is 0 Å². The molecule has 0 saturated heterocycles. The van der Waals surface area contributed by atoms with Gasteiger partial charge in [-0.2, -0.15) is 4.57 Å². The van der Waals surface area contributed by atoms with Crippen molar-refractivity contribution in [1.82, 2.24) is 0 Å². The Bertz CT molecular complexity index is 533. The minimum atomic E-state index is -0.403. The number of aromatic nitrogens is 1. The monoisotopic (exact) mass is 227 g/mol. The first-order valence-corrected chi connectivity index (χ1v) is 5.14. The molecule has 0 amide bonds. The minimum absolute atomic E-state index is 0.106. The molecule has 17 heavy (non-hydrogen) atoms. The van der Waals surface area contributed by atoms with Crippen LogP contribution in [0.2, 0.25) is 0 Å². The van der Waals surface area contributed by atoms with Crippen LogP contribution in [0.4, 0.5) is 5.69 Å². The molecule has 0 bridgehead atoms. The van der Waals surface area contributed by atoms with E-state index in [9.17, 15) is 10.1 Å². The third kappa shape index (κ3) is 2.98. The van der Waals surface area contributed by atoms with Crippen LogP contribution in [0, 0.1) is 10.1 Å². The zero-order valence-electron chi connectivity index (χ0n) is 9.06. The van der Waals surface area contributed by atoms with Crippen molar-refractivity contribution < 1.29 is 9.49 Å². The number of rotatable bonds is 3. The van der Waals surface area contributed by atoms with Gasteiger partial charge in [0, 0.05) is 30.3 Å². The summed E-state index contributed by atoms with van der Waals surface area (Å²) in [5.74, 6) is 0. The van der Waals surface area contributed by atoms with Crippen molar-refractivity contribution in [3.8, 4) is 0 Å². The SMILES string of the molecule is O=[N+]([O-])c1ccc(/C=C/[n+]2ccccc2)cc1. The van der Waals surface area contributed by atoms with Crippen LogP contribution in [0.15, 0.2) is 54.9 Å². The van der Waals surface area contributed by atoms with E-state index in [1.807, 2.05) is 47.4 Å². The van der Waals surface area contributed by atoms with E-state index in [2.05, 4.69) is 0 Å². The second-order valence-electron chi connectivity index (χ2n) is 3.49. The maximum Gasteiger partial charge on any atom is 0.269 e. The standard InChI is InChI=1S/C13H11N2O2/c16-15(17)13-6-4-12(5-7-13)8-11-14-9-2-1-3-10-14/h1-11H/q+1/b11-8+. The molecule has 0 aliphatic carbocycles. The first kappa shape index (κ1) is 11.0. The molecule has 2 rings (SSSR count). The maximum absolute atomic E-state index is 10.5. The van der Waals surface area contributed by atoms with Gasteiger partial charge in [-0.3, -0.25) is 10.1 Å². The summed E-state index contributed by atoms with van der Waals surface area (Å²) in [6.45, 7) is 0. The predicted octanol–water partition coefficient (Wildman–Crippen LogP) is 2.51. The number of nitro benzene ring substituents is 1. The summed E-state index contributed by atoms with van der Waals surface area (Å²) >= 11 is 0. The van der Waals surface area contributed by atoms with Gasteiger partial charge in [0.1, 0.15) is 0 Å². The molecule has 1 heterocycles. The van der Waals surface area contributed by atoms with Crippen molar-refractivity contribution >= 4 is 18.0 Å². The molecular weight excluding hydrogens is 216 g/mol. The Morgan fingerprint density at radius 3 is 2.29 bits per heavy atom. The number of pyridine rings is 1. The lowest BCUT2D eigenvalue weighted by molar-refractivity contribution is -0.567. The van der Waals surface area contributed by atoms with Crippen LogP contribution in [0.1, 0.15) is 5.56 Å². The molecule has 0 unspecified atom stereocenters. The van der Waals surface area contributed by atoms with Crippen LogP contribution in [-0.4, -0.2) is 4.92 Å². The van der Waals surface area contributed by atoms with E-state index in [1.54, 1.807) is 12.1 Å². The summed E-state index contributed by atoms with van der Waals surface area (Å²) in [7, 11) is 0. The first-order valence-electron chi connectivity index (χ1n) is 5.14. The van der Waals surface area contributed by atoms with Gasteiger partial charge in [-0.1, -0.05) is 6.07 Å². The molecule has 0 N–H and O–H groups in total. The Kier molecular flexibility index (Phi) is 3.25. The van der Waals surface area contributed by atoms with Crippen LogP contribution < -0.4 is 4.57 Å². The van der Waals surface area contributed by atoms with E-state index < -0.39 is 4.92 Å². The van der Waals surface area contributed by atoms with E-state index >= 15 is 0 Å². The van der Waals surface area contributed by atoms with Gasteiger partial charge in [0.15, 0.2) is 18.6 Å². The van der Waals surface area contributed by atoms with Crippen molar-refractivity contribution in [3.63, 3.8) is 0 Å². The molecule has 0 aliphatic rings. The number of nitrogens with zero attached hydrogens (tertiary/aromatic N) is 2. The van der Waals surface area contributed by atoms with Crippen molar-refractivity contribution in [1.29, 1.82) is 0 Å². The Morgan fingerprint density at radius 2 is 1.71 bits per heavy atom. The van der Waals surface area contributed by atoms with Crippen LogP contribution in [0.5, 0.6) is 0 Å². The molecule has 0 saturated carbocycles. The number of hydrogen-bond acceptors (Lipinski definition) is 2. The van der Waals surface area contributed by atoms with Crippen molar-refractivity contribution in [2.24, 2.45) is 0 Å². The Morgan fingerprint density at radius 1 is 1.06 bits per heavy atom. The second kappa shape index (κ2) is 5.03. The summed E-state index contributed by atoms with van der Waals surface area (Å²) in [5.41, 5.74) is 1.03. The zero-order chi connectivity index (χ0) is 12.1. The van der Waals surface area contributed by atoms with E-state index in [1.165, 1.54) is 12.1 Å². The average Bonchev–Trinajstić information content (AvgIpc) is 2.38. The summed E-state index contributed by atoms with van der Waals surface area (Å²) < 4.78 is 1.90. The third-order valence-electron chi connectivity index (χ3n) is 2.28. The topological polar surface area (TPSA) is 47.0 Å². The molecule has 0 spiro atoms. The minimum Gasteiger partial charge on any atom is -0.258 e. The molecule has 4 heteroatoms. The Labute approximate surface area is 98.6 Å². The van der Waals surface area contributed by atoms with Crippen LogP contribution in [0.25, 0.3) is 12.3 Å². The average molecular weight is 227 g/mol. The summed E-state index contributed by atoms with van der Waals surface area (Å²) in [5, 5.41) is 10.5. The van der Waals surface area contributed by atoms with Gasteiger partial charge in [-0.15, -0.1) is 0 Å². The normalized spacial score (nSPS) is 10.6. The predicted molar refractivity (Wildman–Crippen MR) is 65.0 cm³/mol. The van der Waals surface area contributed by atoms with E-state index in [0.29, 0.717) is 0 Å². The van der Waals surface area contributed by atoms with Gasteiger partial charge >= 0.3 is 0 Å². The van der Waals surface area contributed by atoms with Gasteiger partial charge in [0.05, 0.1) is 4.92 Å². The fourth-order valence-corrected chi connectivity index (χ4v) is 1.39. The fraction of sp³-hybridized carbons (Fsp3) is 0. The Balaban J connectivity index is 2.14. The number of hydrogen-bond donors (Lipinski definition) is 0. The summed E-state index contributed by atoms with van der Waals surface area (Å²) in [6, 6.07) is 12.2. The fourth-order valence-electron chi connectivity index (χ4n) is 1.39. The molecule has 84 valence electrons. The highest BCUT2D eigenvalue weighted by molar-refractivity contribution is 5.58. The van der Waals surface area contributed by atoms with Crippen LogP contribution in [-0.2, 0) is 0 Å². The third-order valence-corrected chi connectivity index (χ3v) is 2.28. The first-order chi connectivity index (χ1) is 8.25. The molecule has 4 nitrogen and oxygen atoms in total. The van der Waals surface area contributed by atoms with Crippen LogP contribution in [0.3, 0.4) is 0 Å². The number of non-ortho nitro benzene ring substituents is 1. The molecule has 0 fully saturated rings. The lowest BCUT2D eigenvalue weighted by Gasteiger charge is -1.92. The van der Waals surface area contributed by atoms with Crippen molar-refractivity contribution in [2.45, 2.75) is 0 Å².